The second-order valence-corrected chi connectivity index (χ2v) is 9.83. The van der Waals surface area contributed by atoms with Crippen LogP contribution in [0.15, 0.2) is 35.3 Å². The quantitative estimate of drug-likeness (QED) is 0.338. The number of hydrogen-bond donors (Lipinski definition) is 0. The Hall–Kier alpha value is -2.35. The molecule has 2 aliphatic heterocycles. The number of anilines is 1. The van der Waals surface area contributed by atoms with E-state index >= 15 is 0 Å². The molecule has 168 valence electrons. The number of amides is 1. The summed E-state index contributed by atoms with van der Waals surface area (Å²) in [6.45, 7) is 10.2. The topological polar surface area (TPSA) is 76.2 Å². The summed E-state index contributed by atoms with van der Waals surface area (Å²) in [6, 6.07) is 5.86. The van der Waals surface area contributed by atoms with Gasteiger partial charge in [0.25, 0.3) is 0 Å². The highest BCUT2D eigenvalue weighted by Gasteiger charge is 2.64. The molecule has 1 aromatic rings. The van der Waals surface area contributed by atoms with Crippen molar-refractivity contribution in [2.45, 2.75) is 50.8 Å². The molecule has 0 N–H and O–H groups in total. The molecule has 2 heterocycles. The summed E-state index contributed by atoms with van der Waals surface area (Å²) in [5, 5.41) is 0. The summed E-state index contributed by atoms with van der Waals surface area (Å²) >= 11 is 3.53. The number of nitrogens with zero attached hydrogens (tertiary/aromatic N) is 2. The Balaban J connectivity index is 2.21. The number of aldehydes is 1. The Morgan fingerprint density at radius 1 is 1.39 bits per heavy atom. The summed E-state index contributed by atoms with van der Waals surface area (Å²) in [7, 11) is 1.32. The first-order chi connectivity index (χ1) is 14.6. The average Bonchev–Trinajstić information content (AvgIpc) is 3.19. The van der Waals surface area contributed by atoms with Crippen molar-refractivity contribution in [3.63, 3.8) is 0 Å². The lowest BCUT2D eigenvalue weighted by atomic mass is 9.68. The van der Waals surface area contributed by atoms with Crippen LogP contribution in [0.2, 0.25) is 0 Å². The van der Waals surface area contributed by atoms with Crippen LogP contribution >= 0.6 is 15.9 Å². The molecule has 31 heavy (non-hydrogen) atoms. The lowest BCUT2D eigenvalue weighted by molar-refractivity contribution is -0.149. The molecule has 0 saturated carbocycles. The fourth-order valence-corrected chi connectivity index (χ4v) is 5.32. The largest absolute Gasteiger partial charge is 0.469 e. The van der Waals surface area contributed by atoms with Crippen molar-refractivity contribution in [3.05, 3.63) is 40.9 Å². The second-order valence-electron chi connectivity index (χ2n) is 8.92. The van der Waals surface area contributed by atoms with Crippen molar-refractivity contribution in [3.8, 4) is 0 Å². The number of benzene rings is 1. The van der Waals surface area contributed by atoms with Crippen LogP contribution in [-0.4, -0.2) is 55.2 Å². The first kappa shape index (κ1) is 23.3. The molecule has 2 aliphatic rings. The third kappa shape index (κ3) is 3.97. The van der Waals surface area contributed by atoms with Gasteiger partial charge in [0.05, 0.1) is 18.4 Å². The van der Waals surface area contributed by atoms with Crippen LogP contribution in [0.3, 0.4) is 0 Å². The van der Waals surface area contributed by atoms with Gasteiger partial charge in [0.15, 0.2) is 0 Å². The van der Waals surface area contributed by atoms with Crippen LogP contribution in [0.25, 0.3) is 0 Å². The van der Waals surface area contributed by atoms with Crippen LogP contribution in [0, 0.1) is 5.92 Å². The lowest BCUT2D eigenvalue weighted by Crippen LogP contribution is -2.56. The maximum Gasteiger partial charge on any atom is 0.411 e. The van der Waals surface area contributed by atoms with Gasteiger partial charge in [-0.15, -0.1) is 6.58 Å². The molecule has 1 aromatic carbocycles. The van der Waals surface area contributed by atoms with E-state index in [2.05, 4.69) is 27.4 Å². The number of fused-ring (bicyclic) bond motifs is 3. The predicted octanol–water partition coefficient (Wildman–Crippen LogP) is 4.04. The summed E-state index contributed by atoms with van der Waals surface area (Å²) in [5.74, 6) is -1.19. The van der Waals surface area contributed by atoms with Crippen molar-refractivity contribution in [2.24, 2.45) is 5.92 Å². The number of carbonyl (C=O) groups is 3. The highest BCUT2D eigenvalue weighted by Crippen LogP contribution is 2.57. The Bertz CT molecular complexity index is 896. The Labute approximate surface area is 191 Å². The monoisotopic (exact) mass is 492 g/mol. The minimum absolute atomic E-state index is 0.00274. The Morgan fingerprint density at radius 2 is 2.10 bits per heavy atom. The number of esters is 1. The smallest absolute Gasteiger partial charge is 0.411 e. The van der Waals surface area contributed by atoms with Crippen molar-refractivity contribution >= 4 is 40.0 Å². The number of likely N-dealkylation sites (tertiary alicyclic amines) is 1. The van der Waals surface area contributed by atoms with E-state index in [9.17, 15) is 14.4 Å². The SMILES string of the molecule is C=CCN1c2cc(Br)ccc2C2([C@@H](CC=O)C(=O)OC)CCN(C(=O)OC(C)(C)C)[C@H]12. The van der Waals surface area contributed by atoms with Gasteiger partial charge in [-0.25, -0.2) is 4.79 Å². The molecule has 0 aromatic heterocycles. The Morgan fingerprint density at radius 3 is 2.68 bits per heavy atom. The van der Waals surface area contributed by atoms with Crippen molar-refractivity contribution < 1.29 is 23.9 Å². The van der Waals surface area contributed by atoms with Gasteiger partial charge in [0.1, 0.15) is 18.1 Å². The average molecular weight is 493 g/mol. The van der Waals surface area contributed by atoms with Gasteiger partial charge in [0, 0.05) is 29.7 Å². The van der Waals surface area contributed by atoms with Gasteiger partial charge in [-0.3, -0.25) is 9.69 Å². The summed E-state index contributed by atoms with van der Waals surface area (Å²) < 4.78 is 11.7. The second kappa shape index (κ2) is 8.65. The van der Waals surface area contributed by atoms with Crippen molar-refractivity contribution in [1.29, 1.82) is 0 Å². The zero-order valence-electron chi connectivity index (χ0n) is 18.4. The highest BCUT2D eigenvalue weighted by atomic mass is 79.9. The maximum absolute atomic E-state index is 13.2. The van der Waals surface area contributed by atoms with Gasteiger partial charge in [-0.1, -0.05) is 28.1 Å². The van der Waals surface area contributed by atoms with Crippen LogP contribution in [0.5, 0.6) is 0 Å². The molecular formula is C23H29BrN2O5. The number of ether oxygens (including phenoxy) is 2. The van der Waals surface area contributed by atoms with Gasteiger partial charge < -0.3 is 19.2 Å². The van der Waals surface area contributed by atoms with E-state index in [0.29, 0.717) is 19.5 Å². The molecule has 0 spiro atoms. The first-order valence-electron chi connectivity index (χ1n) is 10.3. The lowest BCUT2D eigenvalue weighted by Gasteiger charge is -2.40. The van der Waals surface area contributed by atoms with E-state index in [1.165, 1.54) is 7.11 Å². The highest BCUT2D eigenvalue weighted by molar-refractivity contribution is 9.10. The van der Waals surface area contributed by atoms with Gasteiger partial charge in [-0.05, 0) is 44.9 Å². The minimum atomic E-state index is -0.802. The molecule has 0 aliphatic carbocycles. The molecule has 7 nitrogen and oxygen atoms in total. The van der Waals surface area contributed by atoms with Crippen LogP contribution in [-0.2, 0) is 24.5 Å². The molecule has 1 saturated heterocycles. The van der Waals surface area contributed by atoms with Crippen molar-refractivity contribution in [2.75, 3.05) is 25.1 Å². The zero-order valence-corrected chi connectivity index (χ0v) is 20.0. The number of hydrogen-bond acceptors (Lipinski definition) is 6. The molecule has 0 bridgehead atoms. The van der Waals surface area contributed by atoms with E-state index in [-0.39, 0.29) is 6.42 Å². The standard InChI is InChI=1S/C23H29BrN2O5/c1-6-11-25-18-14-15(24)7-8-16(18)23(17(9-13-27)19(28)30-5)10-12-26(20(23)25)21(29)31-22(2,3)4/h6-8,13-14,17,20H,1,9-12H2,2-5H3/t17-,20-,23?/m0/s1. The number of carbonyl (C=O) groups excluding carboxylic acids is 3. The minimum Gasteiger partial charge on any atom is -0.469 e. The summed E-state index contributed by atoms with van der Waals surface area (Å²) in [5.41, 5.74) is 0.354. The predicted molar refractivity (Wildman–Crippen MR) is 121 cm³/mol. The number of rotatable bonds is 6. The van der Waals surface area contributed by atoms with Crippen LogP contribution < -0.4 is 4.90 Å². The third-order valence-corrected chi connectivity index (χ3v) is 6.47. The fraction of sp³-hybridized carbons (Fsp3) is 0.522. The van der Waals surface area contributed by atoms with E-state index in [1.54, 1.807) is 11.0 Å². The molecule has 3 atom stereocenters. The molecular weight excluding hydrogens is 464 g/mol. The van der Waals surface area contributed by atoms with Crippen LogP contribution in [0.4, 0.5) is 10.5 Å². The third-order valence-electron chi connectivity index (χ3n) is 5.98. The zero-order chi connectivity index (χ0) is 23.0. The van der Waals surface area contributed by atoms with Gasteiger partial charge in [-0.2, -0.15) is 0 Å². The van der Waals surface area contributed by atoms with Gasteiger partial charge in [0.2, 0.25) is 0 Å². The van der Waals surface area contributed by atoms with E-state index in [0.717, 1.165) is 22.0 Å². The number of methoxy groups -OCH3 is 1. The normalized spacial score (nSPS) is 23.1. The molecule has 8 heteroatoms. The van der Waals surface area contributed by atoms with E-state index in [4.69, 9.17) is 9.47 Å². The van der Waals surface area contributed by atoms with Gasteiger partial charge >= 0.3 is 12.1 Å². The maximum atomic E-state index is 13.2. The fourth-order valence-electron chi connectivity index (χ4n) is 4.97. The molecule has 1 fully saturated rings. The van der Waals surface area contributed by atoms with Crippen molar-refractivity contribution in [1.82, 2.24) is 4.90 Å². The van der Waals surface area contributed by atoms with E-state index < -0.39 is 35.2 Å². The molecule has 3 rings (SSSR count). The Kier molecular flexibility index (Phi) is 6.51. The van der Waals surface area contributed by atoms with E-state index in [1.807, 2.05) is 39.0 Å². The first-order valence-corrected chi connectivity index (χ1v) is 11.1. The summed E-state index contributed by atoms with van der Waals surface area (Å²) in [4.78, 5) is 41.4. The van der Waals surface area contributed by atoms with Crippen LogP contribution in [0.1, 0.15) is 39.2 Å². The molecule has 1 unspecified atom stereocenters. The molecule has 0 radical (unpaired) electrons. The molecule has 1 amide bonds. The number of halogens is 1. The summed E-state index contributed by atoms with van der Waals surface area (Å²) in [6.07, 6.45) is 2.07.